The molecule has 0 spiro atoms. The second kappa shape index (κ2) is 13.7. The zero-order valence-electron chi connectivity index (χ0n) is 22.5. The Balaban J connectivity index is 1.63. The van der Waals surface area contributed by atoms with Gasteiger partial charge < -0.3 is 14.2 Å². The van der Waals surface area contributed by atoms with E-state index in [-0.39, 0.29) is 15.5 Å². The Hall–Kier alpha value is -3.46. The molecule has 0 aliphatic rings. The predicted octanol–water partition coefficient (Wildman–Crippen LogP) is 3.26. The molecule has 0 aliphatic heterocycles. The first kappa shape index (κ1) is 33.0. The van der Waals surface area contributed by atoms with Gasteiger partial charge in [-0.05, 0) is 56.3 Å². The van der Waals surface area contributed by atoms with Crippen LogP contribution in [0.15, 0.2) is 81.4 Å². The van der Waals surface area contributed by atoms with Crippen LogP contribution in [0, 0.1) is 13.8 Å². The molecule has 0 amide bonds. The summed E-state index contributed by atoms with van der Waals surface area (Å²) >= 11 is 0. The summed E-state index contributed by atoms with van der Waals surface area (Å²) in [5.41, 5.74) is 1.29. The van der Waals surface area contributed by atoms with Gasteiger partial charge in [-0.15, -0.1) is 0 Å². The van der Waals surface area contributed by atoms with E-state index in [0.29, 0.717) is 0 Å². The average molecular weight is 659 g/mol. The number of esters is 2. The molecule has 3 rings (SSSR count). The van der Waals surface area contributed by atoms with Crippen LogP contribution in [0.1, 0.15) is 21.5 Å². The zero-order valence-corrected chi connectivity index (χ0v) is 25.7. The van der Waals surface area contributed by atoms with Gasteiger partial charge in [-0.3, -0.25) is 0 Å². The minimum absolute atomic E-state index is 0.0357. The van der Waals surface area contributed by atoms with Crippen LogP contribution in [0.5, 0.6) is 5.75 Å². The van der Waals surface area contributed by atoms with Gasteiger partial charge in [-0.1, -0.05) is 35.4 Å². The summed E-state index contributed by atoms with van der Waals surface area (Å²) in [5.74, 6) is -3.42. The third-order valence-electron chi connectivity index (χ3n) is 5.76. The second-order valence-electron chi connectivity index (χ2n) is 9.00. The van der Waals surface area contributed by atoms with Crippen LogP contribution < -0.4 is 4.74 Å². The molecule has 0 bridgehead atoms. The summed E-state index contributed by atoms with van der Waals surface area (Å²) < 4.78 is 88.8. The first-order chi connectivity index (χ1) is 19.6. The minimum atomic E-state index is -4.28. The molecule has 0 N–H and O–H groups in total. The largest absolute Gasteiger partial charge is 0.481 e. The third kappa shape index (κ3) is 9.28. The predicted molar refractivity (Wildman–Crippen MR) is 153 cm³/mol. The van der Waals surface area contributed by atoms with E-state index < -0.39 is 82.4 Å². The summed E-state index contributed by atoms with van der Waals surface area (Å²) in [6, 6.07) is 15.2. The second-order valence-corrected chi connectivity index (χ2v) is 15.8. The van der Waals surface area contributed by atoms with E-state index in [1.807, 2.05) is 6.92 Å². The molecule has 3 aromatic carbocycles. The molecule has 0 aliphatic carbocycles. The monoisotopic (exact) mass is 658 g/mol. The maximum absolute atomic E-state index is 12.8. The Bertz CT molecular complexity index is 1770. The van der Waals surface area contributed by atoms with E-state index in [1.165, 1.54) is 24.3 Å². The van der Waals surface area contributed by atoms with Crippen molar-refractivity contribution in [1.29, 1.82) is 0 Å². The molecular formula is C27H27ClO11S3. The normalized spacial score (nSPS) is 12.0. The molecule has 0 fully saturated rings. The van der Waals surface area contributed by atoms with E-state index >= 15 is 0 Å². The topological polar surface area (TPSA) is 164 Å². The van der Waals surface area contributed by atoms with Crippen molar-refractivity contribution in [3.63, 3.8) is 0 Å². The molecule has 0 atom stereocenters. The number of halogens is 1. The number of hydrogen-bond acceptors (Lipinski definition) is 11. The zero-order chi connectivity index (χ0) is 31.1. The molecule has 15 heteroatoms. The summed E-state index contributed by atoms with van der Waals surface area (Å²) in [4.78, 5) is 24.6. The van der Waals surface area contributed by atoms with Gasteiger partial charge in [0.2, 0.25) is 0 Å². The Morgan fingerprint density at radius 1 is 0.667 bits per heavy atom. The molecule has 42 heavy (non-hydrogen) atoms. The summed E-state index contributed by atoms with van der Waals surface area (Å²) in [6.07, 6.45) is 0. The fourth-order valence-corrected chi connectivity index (χ4v) is 6.39. The molecule has 0 saturated carbocycles. The lowest BCUT2D eigenvalue weighted by Gasteiger charge is -2.13. The molecule has 0 unspecified atom stereocenters. The Morgan fingerprint density at radius 2 is 1.12 bits per heavy atom. The lowest BCUT2D eigenvalue weighted by Crippen LogP contribution is -2.21. The smallest absolute Gasteiger partial charge is 0.344 e. The van der Waals surface area contributed by atoms with E-state index in [4.69, 9.17) is 24.9 Å². The summed E-state index contributed by atoms with van der Waals surface area (Å²) in [6.45, 7) is 1.81. The summed E-state index contributed by atoms with van der Waals surface area (Å²) in [7, 11) is -6.39. The van der Waals surface area contributed by atoms with Gasteiger partial charge in [0.25, 0.3) is 9.05 Å². The molecule has 0 radical (unpaired) electrons. The van der Waals surface area contributed by atoms with Gasteiger partial charge in [0.05, 0.1) is 26.2 Å². The fourth-order valence-electron chi connectivity index (χ4n) is 3.44. The fraction of sp³-hybridized carbons (Fsp3) is 0.259. The van der Waals surface area contributed by atoms with Gasteiger partial charge in [0, 0.05) is 10.7 Å². The lowest BCUT2D eigenvalue weighted by atomic mass is 10.2. The number of hydrogen-bond donors (Lipinski definition) is 0. The van der Waals surface area contributed by atoms with E-state index in [2.05, 4.69) is 0 Å². The number of carbonyl (C=O) groups is 2. The number of carbonyl (C=O) groups excluding carboxylic acids is 2. The van der Waals surface area contributed by atoms with Gasteiger partial charge in [0.1, 0.15) is 24.5 Å². The Kier molecular flexibility index (Phi) is 10.8. The van der Waals surface area contributed by atoms with Crippen LogP contribution >= 0.6 is 10.7 Å². The first-order valence-corrected chi connectivity index (χ1v) is 17.8. The third-order valence-corrected chi connectivity index (χ3v) is 10.5. The molecule has 11 nitrogen and oxygen atoms in total. The number of aryl methyl sites for hydroxylation is 2. The number of benzene rings is 3. The van der Waals surface area contributed by atoms with E-state index in [1.54, 1.807) is 31.2 Å². The standard InChI is InChI=1S/C27H27ClO11S3/c1-19-3-7-21(8-4-19)40(31,32)15-13-37-26(29)18-39-25-12-11-23(42(28,35)36)17-24(25)27(30)38-14-16-41(33,34)22-9-5-20(2)6-10-22/h3-12,17H,13-16,18H2,1-2H3. The highest BCUT2D eigenvalue weighted by molar-refractivity contribution is 8.13. The van der Waals surface area contributed by atoms with Crippen molar-refractivity contribution >= 4 is 51.3 Å². The van der Waals surface area contributed by atoms with Crippen LogP contribution in [-0.2, 0) is 43.0 Å². The van der Waals surface area contributed by atoms with Crippen LogP contribution in [0.4, 0.5) is 0 Å². The van der Waals surface area contributed by atoms with Crippen LogP contribution in [-0.4, -0.2) is 68.5 Å². The van der Waals surface area contributed by atoms with Crippen molar-refractivity contribution in [2.45, 2.75) is 28.5 Å². The first-order valence-electron chi connectivity index (χ1n) is 12.2. The van der Waals surface area contributed by atoms with Crippen molar-refractivity contribution in [3.8, 4) is 5.75 Å². The molecule has 3 aromatic rings. The maximum atomic E-state index is 12.8. The van der Waals surface area contributed by atoms with Crippen molar-refractivity contribution in [1.82, 2.24) is 0 Å². The molecule has 0 heterocycles. The molecular weight excluding hydrogens is 632 g/mol. The van der Waals surface area contributed by atoms with E-state index in [0.717, 1.165) is 29.3 Å². The van der Waals surface area contributed by atoms with Crippen LogP contribution in [0.2, 0.25) is 0 Å². The number of rotatable bonds is 13. The highest BCUT2D eigenvalue weighted by atomic mass is 35.7. The van der Waals surface area contributed by atoms with Crippen molar-refractivity contribution in [2.75, 3.05) is 31.3 Å². The quantitative estimate of drug-likeness (QED) is 0.196. The molecule has 226 valence electrons. The van der Waals surface area contributed by atoms with Gasteiger partial charge in [-0.25, -0.2) is 34.8 Å². The number of ether oxygens (including phenoxy) is 3. The number of sulfone groups is 2. The Labute approximate surface area is 248 Å². The van der Waals surface area contributed by atoms with Gasteiger partial charge in [-0.2, -0.15) is 0 Å². The highest BCUT2D eigenvalue weighted by Crippen LogP contribution is 2.26. The van der Waals surface area contributed by atoms with Gasteiger partial charge >= 0.3 is 11.9 Å². The highest BCUT2D eigenvalue weighted by Gasteiger charge is 2.22. The maximum Gasteiger partial charge on any atom is 0.344 e. The lowest BCUT2D eigenvalue weighted by molar-refractivity contribution is -0.145. The molecule has 0 saturated heterocycles. The van der Waals surface area contributed by atoms with E-state index in [9.17, 15) is 34.8 Å². The van der Waals surface area contributed by atoms with Crippen LogP contribution in [0.25, 0.3) is 0 Å². The van der Waals surface area contributed by atoms with Crippen molar-refractivity contribution in [3.05, 3.63) is 83.4 Å². The van der Waals surface area contributed by atoms with Gasteiger partial charge in [0.15, 0.2) is 26.3 Å². The summed E-state index contributed by atoms with van der Waals surface area (Å²) in [5, 5.41) is 0. The Morgan fingerprint density at radius 3 is 1.60 bits per heavy atom. The average Bonchev–Trinajstić information content (AvgIpc) is 2.91. The molecule has 0 aromatic heterocycles. The van der Waals surface area contributed by atoms with Crippen molar-refractivity contribution in [2.24, 2.45) is 0 Å². The minimum Gasteiger partial charge on any atom is -0.481 e. The van der Waals surface area contributed by atoms with Crippen LogP contribution in [0.3, 0.4) is 0 Å². The SMILES string of the molecule is Cc1ccc(S(=O)(=O)CCOC(=O)COc2ccc(S(=O)(=O)Cl)cc2C(=O)OCCS(=O)(=O)c2ccc(C)cc2)cc1. The van der Waals surface area contributed by atoms with Crippen molar-refractivity contribution < 1.29 is 49.1 Å².